The van der Waals surface area contributed by atoms with Crippen molar-refractivity contribution in [1.29, 1.82) is 0 Å². The summed E-state index contributed by atoms with van der Waals surface area (Å²) in [7, 11) is 0. The summed E-state index contributed by atoms with van der Waals surface area (Å²) in [5.41, 5.74) is 3.32. The molecule has 0 radical (unpaired) electrons. The van der Waals surface area contributed by atoms with Gasteiger partial charge in [0.05, 0.1) is 23.9 Å². The summed E-state index contributed by atoms with van der Waals surface area (Å²) in [4.78, 5) is 9.25. The molecule has 1 aliphatic rings. The van der Waals surface area contributed by atoms with Crippen LogP contribution in [0.3, 0.4) is 0 Å². The van der Waals surface area contributed by atoms with Crippen molar-refractivity contribution in [3.05, 3.63) is 54.2 Å². The lowest BCUT2D eigenvalue weighted by Gasteiger charge is -2.23. The molecule has 0 spiro atoms. The van der Waals surface area contributed by atoms with Crippen LogP contribution in [0.5, 0.6) is 11.5 Å². The molecule has 1 atom stereocenters. The van der Waals surface area contributed by atoms with E-state index in [0.717, 1.165) is 35.9 Å². The topological polar surface area (TPSA) is 103 Å². The SMILES string of the molecule is CC(C)Oc1ccc2c(c1)c(-c1nccc(-c3ccc(CO)cc3O)n1)nn2C1CCCCO1. The summed E-state index contributed by atoms with van der Waals surface area (Å²) >= 11 is 0. The monoisotopic (exact) mass is 460 g/mol. The third-order valence-corrected chi connectivity index (χ3v) is 5.87. The molecule has 2 N–H and O–H groups in total. The van der Waals surface area contributed by atoms with Crippen molar-refractivity contribution in [2.24, 2.45) is 0 Å². The average Bonchev–Trinajstić information content (AvgIpc) is 3.23. The summed E-state index contributed by atoms with van der Waals surface area (Å²) in [6, 6.07) is 12.7. The molecule has 1 aliphatic heterocycles. The first kappa shape index (κ1) is 22.3. The van der Waals surface area contributed by atoms with E-state index >= 15 is 0 Å². The van der Waals surface area contributed by atoms with E-state index in [4.69, 9.17) is 19.6 Å². The number of phenols is 1. The minimum absolute atomic E-state index is 0.0436. The Morgan fingerprint density at radius 1 is 1.15 bits per heavy atom. The smallest absolute Gasteiger partial charge is 0.181 e. The molecule has 8 nitrogen and oxygen atoms in total. The van der Waals surface area contributed by atoms with Gasteiger partial charge in [0.1, 0.15) is 17.2 Å². The van der Waals surface area contributed by atoms with Crippen LogP contribution in [0.4, 0.5) is 0 Å². The normalized spacial score (nSPS) is 16.3. The number of rotatable bonds is 6. The van der Waals surface area contributed by atoms with Crippen LogP contribution in [-0.4, -0.2) is 42.7 Å². The quantitative estimate of drug-likeness (QED) is 0.424. The van der Waals surface area contributed by atoms with Gasteiger partial charge in [0.2, 0.25) is 0 Å². The molecule has 1 unspecified atom stereocenters. The van der Waals surface area contributed by atoms with Crippen molar-refractivity contribution in [1.82, 2.24) is 19.7 Å². The van der Waals surface area contributed by atoms with E-state index in [1.54, 1.807) is 24.4 Å². The largest absolute Gasteiger partial charge is 0.507 e. The van der Waals surface area contributed by atoms with Crippen LogP contribution < -0.4 is 4.74 Å². The van der Waals surface area contributed by atoms with Gasteiger partial charge in [-0.25, -0.2) is 14.6 Å². The first-order chi connectivity index (χ1) is 16.5. The number of nitrogens with zero attached hydrogens (tertiary/aromatic N) is 4. The van der Waals surface area contributed by atoms with E-state index in [1.807, 2.05) is 36.7 Å². The predicted molar refractivity (Wildman–Crippen MR) is 128 cm³/mol. The van der Waals surface area contributed by atoms with Gasteiger partial charge in [-0.2, -0.15) is 5.10 Å². The van der Waals surface area contributed by atoms with Gasteiger partial charge >= 0.3 is 0 Å². The third-order valence-electron chi connectivity index (χ3n) is 5.87. The molecule has 2 aromatic carbocycles. The second-order valence-corrected chi connectivity index (χ2v) is 8.74. The Bertz CT molecular complexity index is 1310. The van der Waals surface area contributed by atoms with Crippen LogP contribution in [0.1, 0.15) is 44.9 Å². The van der Waals surface area contributed by atoms with Crippen LogP contribution in [0.2, 0.25) is 0 Å². The number of benzene rings is 2. The highest BCUT2D eigenvalue weighted by Gasteiger charge is 2.23. The van der Waals surface area contributed by atoms with Gasteiger partial charge in [-0.15, -0.1) is 0 Å². The first-order valence-electron chi connectivity index (χ1n) is 11.6. The molecule has 0 bridgehead atoms. The molecule has 3 heterocycles. The fourth-order valence-electron chi connectivity index (χ4n) is 4.28. The van der Waals surface area contributed by atoms with Crippen molar-refractivity contribution in [3.63, 3.8) is 0 Å². The highest BCUT2D eigenvalue weighted by atomic mass is 16.5. The average molecular weight is 461 g/mol. The number of hydrogen-bond donors (Lipinski definition) is 2. The Kier molecular flexibility index (Phi) is 6.17. The summed E-state index contributed by atoms with van der Waals surface area (Å²) in [6.45, 7) is 4.55. The minimum atomic E-state index is -0.143. The second-order valence-electron chi connectivity index (χ2n) is 8.74. The fourth-order valence-corrected chi connectivity index (χ4v) is 4.28. The number of aliphatic hydroxyl groups is 1. The van der Waals surface area contributed by atoms with Gasteiger partial charge in [0, 0.05) is 23.8 Å². The molecular formula is C26H28N4O4. The van der Waals surface area contributed by atoms with Gasteiger partial charge in [-0.3, -0.25) is 0 Å². The van der Waals surface area contributed by atoms with E-state index in [9.17, 15) is 10.2 Å². The number of hydrogen-bond acceptors (Lipinski definition) is 7. The Balaban J connectivity index is 1.63. The fraction of sp³-hybridized carbons (Fsp3) is 0.346. The molecule has 2 aromatic heterocycles. The van der Waals surface area contributed by atoms with Crippen molar-refractivity contribution < 1.29 is 19.7 Å². The van der Waals surface area contributed by atoms with E-state index in [2.05, 4.69) is 4.98 Å². The lowest BCUT2D eigenvalue weighted by molar-refractivity contribution is -0.0365. The predicted octanol–water partition coefficient (Wildman–Crippen LogP) is 4.84. The van der Waals surface area contributed by atoms with E-state index in [0.29, 0.717) is 34.9 Å². The summed E-state index contributed by atoms with van der Waals surface area (Å²) in [6.07, 6.45) is 4.60. The summed E-state index contributed by atoms with van der Waals surface area (Å²) < 4.78 is 13.9. The van der Waals surface area contributed by atoms with Crippen molar-refractivity contribution in [3.8, 4) is 34.3 Å². The molecule has 176 valence electrons. The lowest BCUT2D eigenvalue weighted by Crippen LogP contribution is -2.19. The molecule has 1 fully saturated rings. The zero-order valence-corrected chi connectivity index (χ0v) is 19.3. The van der Waals surface area contributed by atoms with Gasteiger partial charge < -0.3 is 19.7 Å². The molecule has 0 saturated carbocycles. The van der Waals surface area contributed by atoms with Crippen molar-refractivity contribution in [2.75, 3.05) is 6.61 Å². The van der Waals surface area contributed by atoms with Crippen LogP contribution in [0.25, 0.3) is 33.7 Å². The maximum atomic E-state index is 10.5. The molecule has 34 heavy (non-hydrogen) atoms. The zero-order valence-electron chi connectivity index (χ0n) is 19.3. The minimum Gasteiger partial charge on any atom is -0.507 e. The molecule has 4 aromatic rings. The maximum Gasteiger partial charge on any atom is 0.181 e. The van der Waals surface area contributed by atoms with Gasteiger partial charge in [0.25, 0.3) is 0 Å². The van der Waals surface area contributed by atoms with Crippen LogP contribution in [-0.2, 0) is 11.3 Å². The second kappa shape index (κ2) is 9.40. The Labute approximate surface area is 197 Å². The molecule has 5 rings (SSSR count). The lowest BCUT2D eigenvalue weighted by atomic mass is 10.1. The number of ether oxygens (including phenoxy) is 2. The Morgan fingerprint density at radius 2 is 2.03 bits per heavy atom. The van der Waals surface area contributed by atoms with E-state index in [-0.39, 0.29) is 24.7 Å². The van der Waals surface area contributed by atoms with Crippen molar-refractivity contribution >= 4 is 10.9 Å². The number of phenolic OH excluding ortho intramolecular Hbond substituents is 1. The summed E-state index contributed by atoms with van der Waals surface area (Å²) in [5.74, 6) is 1.25. The highest BCUT2D eigenvalue weighted by molar-refractivity contribution is 5.93. The van der Waals surface area contributed by atoms with Crippen LogP contribution in [0.15, 0.2) is 48.7 Å². The molecular weight excluding hydrogens is 432 g/mol. The van der Waals surface area contributed by atoms with E-state index in [1.165, 1.54) is 6.07 Å². The summed E-state index contributed by atoms with van der Waals surface area (Å²) in [5, 5.41) is 25.6. The van der Waals surface area contributed by atoms with Gasteiger partial charge in [0.15, 0.2) is 12.1 Å². The van der Waals surface area contributed by atoms with Crippen molar-refractivity contribution in [2.45, 2.75) is 52.0 Å². The van der Waals surface area contributed by atoms with Crippen LogP contribution in [0, 0.1) is 0 Å². The number of aliphatic hydroxyl groups excluding tert-OH is 1. The molecule has 1 saturated heterocycles. The molecule has 8 heteroatoms. The highest BCUT2D eigenvalue weighted by Crippen LogP contribution is 2.35. The number of aromatic nitrogens is 4. The maximum absolute atomic E-state index is 10.5. The van der Waals surface area contributed by atoms with Gasteiger partial charge in [-0.1, -0.05) is 6.07 Å². The van der Waals surface area contributed by atoms with E-state index < -0.39 is 0 Å². The first-order valence-corrected chi connectivity index (χ1v) is 11.6. The third kappa shape index (κ3) is 4.34. The van der Waals surface area contributed by atoms with Gasteiger partial charge in [-0.05, 0) is 75.1 Å². The van der Waals surface area contributed by atoms with Crippen LogP contribution >= 0.6 is 0 Å². The number of fused-ring (bicyclic) bond motifs is 1. The molecule has 0 amide bonds. The standard InChI is InChI=1S/C26H28N4O4/c1-16(2)34-18-7-9-22-20(14-18)25(29-30(22)24-5-3-4-12-33-24)26-27-11-10-21(28-26)19-8-6-17(15-31)13-23(19)32/h6-11,13-14,16,24,31-32H,3-5,12,15H2,1-2H3. The molecule has 0 aliphatic carbocycles. The Hall–Kier alpha value is -3.49. The Morgan fingerprint density at radius 3 is 2.76 bits per heavy atom. The number of aromatic hydroxyl groups is 1. The zero-order chi connectivity index (χ0) is 23.7.